The van der Waals surface area contributed by atoms with E-state index in [4.69, 9.17) is 16.3 Å². The van der Waals surface area contributed by atoms with Gasteiger partial charge in [-0.2, -0.15) is 0 Å². The number of rotatable bonds is 5. The minimum Gasteiger partial charge on any atom is -0.496 e. The van der Waals surface area contributed by atoms with Crippen molar-refractivity contribution in [3.8, 4) is 5.75 Å². The Morgan fingerprint density at radius 3 is 2.78 bits per heavy atom. The Hall–Kier alpha value is -1.75. The molecule has 1 aromatic carbocycles. The Labute approximate surface area is 141 Å². The van der Waals surface area contributed by atoms with E-state index in [1.807, 2.05) is 6.92 Å². The molecule has 1 saturated carbocycles. The predicted octanol–water partition coefficient (Wildman–Crippen LogP) is 3.04. The quantitative estimate of drug-likeness (QED) is 0.864. The molecule has 6 heteroatoms. The molecule has 1 fully saturated rings. The van der Waals surface area contributed by atoms with Crippen molar-refractivity contribution in [2.24, 2.45) is 5.92 Å². The number of aliphatic carboxylic acids is 1. The van der Waals surface area contributed by atoms with Crippen LogP contribution in [0.25, 0.3) is 0 Å². The first-order valence-corrected chi connectivity index (χ1v) is 8.13. The van der Waals surface area contributed by atoms with E-state index in [9.17, 15) is 14.7 Å². The molecule has 5 nitrogen and oxygen atoms in total. The van der Waals surface area contributed by atoms with Gasteiger partial charge in [0.05, 0.1) is 13.5 Å². The predicted molar refractivity (Wildman–Crippen MR) is 87.8 cm³/mol. The zero-order valence-electron chi connectivity index (χ0n) is 13.4. The van der Waals surface area contributed by atoms with Gasteiger partial charge >= 0.3 is 5.97 Å². The third-order valence-electron chi connectivity index (χ3n) is 4.64. The van der Waals surface area contributed by atoms with Gasteiger partial charge in [0, 0.05) is 10.6 Å². The molecule has 2 atom stereocenters. The molecule has 2 N–H and O–H groups in total. The molecule has 1 amide bonds. The number of benzene rings is 1. The Bertz CT molecular complexity index is 604. The van der Waals surface area contributed by atoms with Crippen molar-refractivity contribution < 1.29 is 19.4 Å². The van der Waals surface area contributed by atoms with Crippen LogP contribution < -0.4 is 10.1 Å². The number of halogens is 1. The number of carbonyl (C=O) groups is 2. The topological polar surface area (TPSA) is 75.6 Å². The Kier molecular flexibility index (Phi) is 5.52. The van der Waals surface area contributed by atoms with Gasteiger partial charge in [-0.15, -0.1) is 0 Å². The largest absolute Gasteiger partial charge is 0.496 e. The van der Waals surface area contributed by atoms with Crippen molar-refractivity contribution in [1.82, 2.24) is 5.32 Å². The molecular weight excluding hydrogens is 318 g/mol. The van der Waals surface area contributed by atoms with Crippen LogP contribution in [0.1, 0.15) is 38.2 Å². The Morgan fingerprint density at radius 1 is 1.43 bits per heavy atom. The first-order valence-electron chi connectivity index (χ1n) is 7.76. The van der Waals surface area contributed by atoms with Gasteiger partial charge in [0.1, 0.15) is 11.3 Å². The number of hydrogen-bond acceptors (Lipinski definition) is 3. The van der Waals surface area contributed by atoms with E-state index in [0.717, 1.165) is 19.3 Å². The number of carboxylic acid groups (broad SMARTS) is 1. The zero-order valence-corrected chi connectivity index (χ0v) is 14.2. The summed E-state index contributed by atoms with van der Waals surface area (Å²) >= 11 is 5.91. The normalized spacial score (nSPS) is 24.0. The lowest BCUT2D eigenvalue weighted by molar-refractivity contribution is -0.151. The monoisotopic (exact) mass is 339 g/mol. The third-order valence-corrected chi connectivity index (χ3v) is 4.88. The van der Waals surface area contributed by atoms with E-state index < -0.39 is 11.5 Å². The molecule has 1 aliphatic rings. The number of nitrogens with one attached hydrogen (secondary N) is 1. The number of carbonyl (C=O) groups excluding carboxylic acids is 1. The summed E-state index contributed by atoms with van der Waals surface area (Å²) in [5.41, 5.74) is -0.493. The van der Waals surface area contributed by atoms with Crippen LogP contribution in [-0.2, 0) is 16.0 Å². The SMILES string of the molecule is COc1cc(Cl)ccc1CC(=O)NC1(C(=O)O)CCCCC1C. The molecule has 0 aromatic heterocycles. The maximum absolute atomic E-state index is 12.4. The van der Waals surface area contributed by atoms with Crippen LogP contribution in [0.2, 0.25) is 5.02 Å². The van der Waals surface area contributed by atoms with E-state index >= 15 is 0 Å². The standard InChI is InChI=1S/C17H22ClNO4/c1-11-5-3-4-8-17(11,16(21)22)19-15(20)9-12-6-7-13(18)10-14(12)23-2/h6-7,10-11H,3-5,8-9H2,1-2H3,(H,19,20)(H,21,22). The van der Waals surface area contributed by atoms with Crippen LogP contribution in [-0.4, -0.2) is 29.6 Å². The molecule has 2 unspecified atom stereocenters. The fraction of sp³-hybridized carbons (Fsp3) is 0.529. The van der Waals surface area contributed by atoms with E-state index in [1.165, 1.54) is 7.11 Å². The van der Waals surface area contributed by atoms with Crippen LogP contribution in [0.15, 0.2) is 18.2 Å². The highest BCUT2D eigenvalue weighted by Crippen LogP contribution is 2.34. The van der Waals surface area contributed by atoms with Crippen molar-refractivity contribution in [2.45, 2.75) is 44.6 Å². The van der Waals surface area contributed by atoms with Crippen LogP contribution in [0.3, 0.4) is 0 Å². The second-order valence-corrected chi connectivity index (χ2v) is 6.54. The van der Waals surface area contributed by atoms with Crippen LogP contribution in [0.5, 0.6) is 5.75 Å². The third kappa shape index (κ3) is 3.78. The summed E-state index contributed by atoms with van der Waals surface area (Å²) in [4.78, 5) is 24.2. The van der Waals surface area contributed by atoms with Crippen molar-refractivity contribution in [2.75, 3.05) is 7.11 Å². The van der Waals surface area contributed by atoms with Crippen LogP contribution in [0, 0.1) is 5.92 Å². The highest BCUT2D eigenvalue weighted by molar-refractivity contribution is 6.30. The first-order chi connectivity index (χ1) is 10.9. The number of hydrogen-bond donors (Lipinski definition) is 2. The summed E-state index contributed by atoms with van der Waals surface area (Å²) < 4.78 is 5.23. The van der Waals surface area contributed by atoms with Crippen LogP contribution >= 0.6 is 11.6 Å². The highest BCUT2D eigenvalue weighted by atomic mass is 35.5. The molecular formula is C17H22ClNO4. The minimum absolute atomic E-state index is 0.0576. The van der Waals surface area contributed by atoms with E-state index in [1.54, 1.807) is 18.2 Å². The average molecular weight is 340 g/mol. The number of ether oxygens (including phenoxy) is 1. The number of carboxylic acids is 1. The van der Waals surface area contributed by atoms with Crippen molar-refractivity contribution >= 4 is 23.5 Å². The molecule has 0 radical (unpaired) electrons. The summed E-state index contributed by atoms with van der Waals surface area (Å²) in [6.07, 6.45) is 3.13. The van der Waals surface area contributed by atoms with Crippen LogP contribution in [0.4, 0.5) is 0 Å². The molecule has 2 rings (SSSR count). The van der Waals surface area contributed by atoms with E-state index in [2.05, 4.69) is 5.32 Å². The maximum atomic E-state index is 12.4. The Balaban J connectivity index is 2.16. The molecule has 1 aliphatic carbocycles. The summed E-state index contributed by atoms with van der Waals surface area (Å²) in [5, 5.41) is 12.9. The van der Waals surface area contributed by atoms with E-state index in [-0.39, 0.29) is 18.2 Å². The molecule has 23 heavy (non-hydrogen) atoms. The second kappa shape index (κ2) is 7.21. The summed E-state index contributed by atoms with van der Waals surface area (Å²) in [7, 11) is 1.51. The molecule has 0 bridgehead atoms. The molecule has 0 aliphatic heterocycles. The lowest BCUT2D eigenvalue weighted by atomic mass is 9.73. The lowest BCUT2D eigenvalue weighted by Gasteiger charge is -2.39. The van der Waals surface area contributed by atoms with Crippen molar-refractivity contribution in [1.29, 1.82) is 0 Å². The smallest absolute Gasteiger partial charge is 0.329 e. The molecule has 0 saturated heterocycles. The van der Waals surface area contributed by atoms with Gasteiger partial charge in [0.2, 0.25) is 5.91 Å². The van der Waals surface area contributed by atoms with Crippen molar-refractivity contribution in [3.63, 3.8) is 0 Å². The van der Waals surface area contributed by atoms with Gasteiger partial charge in [-0.05, 0) is 30.9 Å². The summed E-state index contributed by atoms with van der Waals surface area (Å²) in [5.74, 6) is -0.846. The Morgan fingerprint density at radius 2 is 2.17 bits per heavy atom. The maximum Gasteiger partial charge on any atom is 0.329 e. The average Bonchev–Trinajstić information content (AvgIpc) is 2.51. The fourth-order valence-corrected chi connectivity index (χ4v) is 3.40. The van der Waals surface area contributed by atoms with Gasteiger partial charge < -0.3 is 15.2 Å². The molecule has 0 spiro atoms. The molecule has 126 valence electrons. The zero-order chi connectivity index (χ0) is 17.0. The minimum atomic E-state index is -1.17. The van der Waals surface area contributed by atoms with Gasteiger partial charge in [-0.25, -0.2) is 4.79 Å². The van der Waals surface area contributed by atoms with E-state index in [0.29, 0.717) is 22.8 Å². The molecule has 0 heterocycles. The van der Waals surface area contributed by atoms with Gasteiger partial charge in [-0.1, -0.05) is 37.4 Å². The second-order valence-electron chi connectivity index (χ2n) is 6.10. The number of amides is 1. The lowest BCUT2D eigenvalue weighted by Crippen LogP contribution is -2.60. The summed E-state index contributed by atoms with van der Waals surface area (Å²) in [6.45, 7) is 1.89. The molecule has 1 aromatic rings. The van der Waals surface area contributed by atoms with Crippen molar-refractivity contribution in [3.05, 3.63) is 28.8 Å². The van der Waals surface area contributed by atoms with Gasteiger partial charge in [-0.3, -0.25) is 4.79 Å². The van der Waals surface area contributed by atoms with Gasteiger partial charge in [0.15, 0.2) is 0 Å². The van der Waals surface area contributed by atoms with Gasteiger partial charge in [0.25, 0.3) is 0 Å². The summed E-state index contributed by atoms with van der Waals surface area (Å²) in [6, 6.07) is 5.04. The highest BCUT2D eigenvalue weighted by Gasteiger charge is 2.46. The number of methoxy groups -OCH3 is 1. The first kappa shape index (κ1) is 17.6. The fourth-order valence-electron chi connectivity index (χ4n) is 3.23.